The topological polar surface area (TPSA) is 144 Å². The maximum atomic E-state index is 15.0. The van der Waals surface area contributed by atoms with Crippen LogP contribution in [0, 0.1) is 0 Å². The van der Waals surface area contributed by atoms with E-state index in [9.17, 15) is 14.4 Å². The predicted octanol–water partition coefficient (Wildman–Crippen LogP) is 12.8. The third-order valence-electron chi connectivity index (χ3n) is 13.0. The van der Waals surface area contributed by atoms with E-state index < -0.39 is 17.2 Å². The largest absolute Gasteiger partial charge is 0.514 e. The van der Waals surface area contributed by atoms with Crippen LogP contribution in [0.15, 0.2) is 181 Å². The minimum Gasteiger partial charge on any atom is -0.497 e. The van der Waals surface area contributed by atoms with Gasteiger partial charge in [-0.2, -0.15) is 0 Å². The number of para-hydroxylation sites is 2. The fourth-order valence-corrected chi connectivity index (χ4v) is 9.87. The fourth-order valence-electron chi connectivity index (χ4n) is 9.17. The van der Waals surface area contributed by atoms with Gasteiger partial charge in [0.15, 0.2) is 28.7 Å². The molecule has 3 heterocycles. The van der Waals surface area contributed by atoms with Gasteiger partial charge < -0.3 is 18.9 Å². The second-order valence-corrected chi connectivity index (χ2v) is 18.6. The van der Waals surface area contributed by atoms with Crippen molar-refractivity contribution >= 4 is 79.1 Å². The van der Waals surface area contributed by atoms with Crippen LogP contribution < -0.4 is 9.47 Å². The number of Topliss-reactive ketones (excluding diaryl/α,β-unsaturated/α-hetero) is 3. The first-order valence-electron chi connectivity index (χ1n) is 23.0. The lowest BCUT2D eigenvalue weighted by Gasteiger charge is -2.31. The van der Waals surface area contributed by atoms with E-state index in [-0.39, 0.29) is 28.7 Å². The van der Waals surface area contributed by atoms with Crippen LogP contribution in [0.5, 0.6) is 11.5 Å². The molecule has 0 aliphatic heterocycles. The first-order chi connectivity index (χ1) is 34.9. The van der Waals surface area contributed by atoms with Crippen LogP contribution in [0.25, 0.3) is 44.3 Å². The van der Waals surface area contributed by atoms with Crippen LogP contribution in [0.2, 0.25) is 0 Å². The Hall–Kier alpha value is -8.87. The van der Waals surface area contributed by atoms with Gasteiger partial charge >= 0.3 is 6.16 Å². The maximum Gasteiger partial charge on any atom is 0.514 e. The van der Waals surface area contributed by atoms with Crippen LogP contribution in [-0.4, -0.2) is 52.7 Å². The highest BCUT2D eigenvalue weighted by atomic mass is 32.1. The number of ether oxygens (including phenoxy) is 4. The molecule has 2 aliphatic carbocycles. The molecule has 0 unspecified atom stereocenters. The number of allylic oxidation sites excluding steroid dienone is 3. The molecule has 6 aromatic carbocycles. The van der Waals surface area contributed by atoms with E-state index in [0.717, 1.165) is 32.9 Å². The SMILES string of the molecule is CC(C)(OC(=O)OC1=C(c2ccc3ccccc3n2)C(=O)c2ccccc21)c1nccs1.COc1ccc(C(C)(C(=O)C2=C(c3ccc4ccccc4n3)C(=O)c3ccccc32)c2ccc(OC)cc2)cc1. The molecule has 0 bridgehead atoms. The van der Waals surface area contributed by atoms with Gasteiger partial charge in [-0.05, 0) is 86.0 Å². The number of carbonyl (C=O) groups excluding carboxylic acids is 4. The van der Waals surface area contributed by atoms with Crippen molar-refractivity contribution in [1.29, 1.82) is 0 Å². The Balaban J connectivity index is 0.000000170. The van der Waals surface area contributed by atoms with E-state index in [1.807, 2.05) is 146 Å². The summed E-state index contributed by atoms with van der Waals surface area (Å²) in [5.41, 5.74) is 4.92. The van der Waals surface area contributed by atoms with Gasteiger partial charge in [-0.1, -0.05) is 121 Å². The van der Waals surface area contributed by atoms with Crippen molar-refractivity contribution < 1.29 is 38.1 Å². The van der Waals surface area contributed by atoms with Gasteiger partial charge in [-0.15, -0.1) is 11.3 Å². The van der Waals surface area contributed by atoms with E-state index in [2.05, 4.69) is 9.97 Å². The number of fused-ring (bicyclic) bond motifs is 4. The maximum absolute atomic E-state index is 15.0. The molecule has 11 nitrogen and oxygen atoms in total. The number of thiazole rings is 1. The number of nitrogens with zero attached hydrogens (tertiary/aromatic N) is 3. The summed E-state index contributed by atoms with van der Waals surface area (Å²) < 4.78 is 22.0. The Morgan fingerprint density at radius 1 is 0.528 bits per heavy atom. The normalized spacial score (nSPS) is 13.1. The third-order valence-corrected chi connectivity index (χ3v) is 14.1. The number of aromatic nitrogens is 3. The molecule has 3 aromatic heterocycles. The molecule has 0 fully saturated rings. The van der Waals surface area contributed by atoms with Crippen molar-refractivity contribution in [3.63, 3.8) is 0 Å². The fraction of sp³-hybridized carbons (Fsp3) is 0.117. The van der Waals surface area contributed by atoms with E-state index in [1.54, 1.807) is 70.7 Å². The lowest BCUT2D eigenvalue weighted by molar-refractivity contribution is -0.117. The molecule has 0 radical (unpaired) electrons. The Bertz CT molecular complexity index is 3630. The van der Waals surface area contributed by atoms with Crippen LogP contribution in [0.1, 0.15) is 80.1 Å². The average molecular weight is 968 g/mol. The molecule has 11 rings (SSSR count). The summed E-state index contributed by atoms with van der Waals surface area (Å²) in [6.07, 6.45) is 0.733. The molecule has 9 aromatic rings. The summed E-state index contributed by atoms with van der Waals surface area (Å²) in [4.78, 5) is 68.7. The predicted molar refractivity (Wildman–Crippen MR) is 279 cm³/mol. The van der Waals surface area contributed by atoms with Crippen LogP contribution >= 0.6 is 11.3 Å². The monoisotopic (exact) mass is 967 g/mol. The lowest BCUT2D eigenvalue weighted by atomic mass is 9.69. The number of pyridine rings is 2. The van der Waals surface area contributed by atoms with Crippen molar-refractivity contribution in [2.24, 2.45) is 0 Å². The zero-order chi connectivity index (χ0) is 50.1. The second kappa shape index (κ2) is 19.1. The highest BCUT2D eigenvalue weighted by Gasteiger charge is 2.45. The minimum atomic E-state index is -1.13. The van der Waals surface area contributed by atoms with Crippen LogP contribution in [-0.2, 0) is 25.3 Å². The van der Waals surface area contributed by atoms with Gasteiger partial charge in [0, 0.05) is 44.6 Å². The van der Waals surface area contributed by atoms with E-state index in [1.165, 1.54) is 11.3 Å². The van der Waals surface area contributed by atoms with Crippen molar-refractivity contribution in [1.82, 2.24) is 15.0 Å². The zero-order valence-corrected chi connectivity index (χ0v) is 40.7. The molecule has 0 saturated heterocycles. The first kappa shape index (κ1) is 46.8. The molecule has 0 saturated carbocycles. The Kier molecular flexibility index (Phi) is 12.5. The van der Waals surface area contributed by atoms with Gasteiger partial charge in [-0.3, -0.25) is 14.4 Å². The average Bonchev–Trinajstić information content (AvgIpc) is 4.14. The molecule has 354 valence electrons. The Labute approximate surface area is 419 Å². The van der Waals surface area contributed by atoms with E-state index in [4.69, 9.17) is 23.9 Å². The van der Waals surface area contributed by atoms with Crippen molar-refractivity contribution in [2.75, 3.05) is 14.2 Å². The van der Waals surface area contributed by atoms with Crippen LogP contribution in [0.4, 0.5) is 4.79 Å². The quantitative estimate of drug-likeness (QED) is 0.114. The Morgan fingerprint density at radius 3 is 1.53 bits per heavy atom. The Morgan fingerprint density at radius 2 is 1.00 bits per heavy atom. The van der Waals surface area contributed by atoms with Gasteiger partial charge in [0.1, 0.15) is 16.5 Å². The standard InChI is InChI=1S/C35H27NO4.C25H18N2O4S/c1-35(23-13-17-25(39-2)18-14-23,24-15-19-26(40-3)20-16-24)34(38)31-27-9-5-6-10-28(27)33(37)32(31)30-21-12-22-8-4-7-11-29(22)36-30;1-25(2,23-26-13-14-32-23)31-24(29)30-22-17-9-5-4-8-16(17)21(28)20(22)19-12-11-15-7-3-6-10-18(15)27-19/h4-21H,1-3H3;3-14H,1-2H3. The number of rotatable bonds is 11. The van der Waals surface area contributed by atoms with Gasteiger partial charge in [0.05, 0.1) is 53.2 Å². The van der Waals surface area contributed by atoms with Gasteiger partial charge in [-0.25, -0.2) is 19.7 Å². The number of benzene rings is 6. The second-order valence-electron chi connectivity index (χ2n) is 17.7. The summed E-state index contributed by atoms with van der Waals surface area (Å²) >= 11 is 1.38. The zero-order valence-electron chi connectivity index (χ0n) is 39.8. The van der Waals surface area contributed by atoms with Gasteiger partial charge in [0.2, 0.25) is 0 Å². The number of hydrogen-bond acceptors (Lipinski definition) is 12. The molecule has 72 heavy (non-hydrogen) atoms. The van der Waals surface area contributed by atoms with Gasteiger partial charge in [0.25, 0.3) is 0 Å². The molecule has 12 heteroatoms. The first-order valence-corrected chi connectivity index (χ1v) is 23.9. The summed E-state index contributed by atoms with van der Waals surface area (Å²) in [5, 5.41) is 4.36. The number of ketones is 3. The van der Waals surface area contributed by atoms with Crippen molar-refractivity contribution in [3.05, 3.63) is 231 Å². The molecular weight excluding hydrogens is 923 g/mol. The summed E-state index contributed by atoms with van der Waals surface area (Å²) in [7, 11) is 3.22. The summed E-state index contributed by atoms with van der Waals surface area (Å²) in [5.74, 6) is 0.892. The molecule has 0 spiro atoms. The molecule has 2 aliphatic rings. The van der Waals surface area contributed by atoms with E-state index >= 15 is 4.79 Å². The molecule has 0 amide bonds. The summed E-state index contributed by atoms with van der Waals surface area (Å²) in [6, 6.07) is 52.1. The smallest absolute Gasteiger partial charge is 0.497 e. The molecule has 0 N–H and O–H groups in total. The molecular formula is C60H45N3O8S. The lowest BCUT2D eigenvalue weighted by Crippen LogP contribution is -2.35. The number of methoxy groups -OCH3 is 2. The minimum absolute atomic E-state index is 0.147. The highest BCUT2D eigenvalue weighted by Crippen LogP contribution is 2.46. The number of hydrogen-bond donors (Lipinski definition) is 0. The van der Waals surface area contributed by atoms with Crippen molar-refractivity contribution in [2.45, 2.75) is 31.8 Å². The van der Waals surface area contributed by atoms with Crippen molar-refractivity contribution in [3.8, 4) is 11.5 Å². The third kappa shape index (κ3) is 8.51. The number of carbonyl (C=O) groups is 4. The van der Waals surface area contributed by atoms with E-state index in [0.29, 0.717) is 61.3 Å². The summed E-state index contributed by atoms with van der Waals surface area (Å²) in [6.45, 7) is 5.38. The highest BCUT2D eigenvalue weighted by molar-refractivity contribution is 7.09. The molecule has 0 atom stereocenters. The van der Waals surface area contributed by atoms with Crippen LogP contribution in [0.3, 0.4) is 0 Å².